The molecule has 2 aromatic carbocycles. The number of likely N-dealkylation sites (tertiary alicyclic amines) is 1. The molecule has 0 unspecified atom stereocenters. The molecule has 2 aromatic rings. The van der Waals surface area contributed by atoms with E-state index in [9.17, 15) is 19.7 Å². The summed E-state index contributed by atoms with van der Waals surface area (Å²) in [6.45, 7) is 6.38. The quantitative estimate of drug-likeness (QED) is 0.493. The van der Waals surface area contributed by atoms with E-state index in [-0.39, 0.29) is 17.4 Å². The summed E-state index contributed by atoms with van der Waals surface area (Å²) in [6, 6.07) is 8.71. The summed E-state index contributed by atoms with van der Waals surface area (Å²) in [4.78, 5) is 41.2. The van der Waals surface area contributed by atoms with Crippen LogP contribution in [0.1, 0.15) is 63.9 Å². The second-order valence-corrected chi connectivity index (χ2v) is 9.79. The van der Waals surface area contributed by atoms with Gasteiger partial charge in [0.1, 0.15) is 17.0 Å². The fourth-order valence-corrected chi connectivity index (χ4v) is 5.62. The lowest BCUT2D eigenvalue weighted by Crippen LogP contribution is -2.52. The van der Waals surface area contributed by atoms with E-state index in [0.29, 0.717) is 54.9 Å². The molecule has 0 aliphatic carbocycles. The van der Waals surface area contributed by atoms with Crippen LogP contribution in [0.25, 0.3) is 0 Å². The van der Waals surface area contributed by atoms with Crippen molar-refractivity contribution in [3.05, 3.63) is 62.7 Å². The van der Waals surface area contributed by atoms with Crippen LogP contribution in [-0.2, 0) is 0 Å². The van der Waals surface area contributed by atoms with Crippen molar-refractivity contribution in [1.82, 2.24) is 4.90 Å². The third-order valence-electron chi connectivity index (χ3n) is 7.36. The van der Waals surface area contributed by atoms with E-state index in [1.165, 1.54) is 6.07 Å². The average molecular weight is 464 g/mol. The molecule has 1 amide bonds. The number of carbonyl (C=O) groups excluding carboxylic acids is 2. The van der Waals surface area contributed by atoms with Crippen molar-refractivity contribution < 1.29 is 19.2 Å². The molecule has 3 heterocycles. The Bertz CT molecular complexity index is 1180. The highest BCUT2D eigenvalue weighted by atomic mass is 16.6. The second-order valence-electron chi connectivity index (χ2n) is 9.79. The fraction of sp³-hybridized carbons (Fsp3) is 0.462. The SMILES string of the molecule is Cc1cc(C)c2c(c1)OC1(CCN(C(=O)c3ccc(N4CCCC4)c([N+](=O)[O-])c3)CC1)CC2=O. The van der Waals surface area contributed by atoms with Crippen LogP contribution in [0.2, 0.25) is 0 Å². The number of fused-ring (bicyclic) bond motifs is 1. The lowest BCUT2D eigenvalue weighted by molar-refractivity contribution is -0.384. The van der Waals surface area contributed by atoms with E-state index in [0.717, 1.165) is 37.1 Å². The molecule has 0 aromatic heterocycles. The summed E-state index contributed by atoms with van der Waals surface area (Å²) in [7, 11) is 0. The van der Waals surface area contributed by atoms with E-state index in [1.807, 2.05) is 30.9 Å². The van der Waals surface area contributed by atoms with Crippen molar-refractivity contribution in [2.75, 3.05) is 31.1 Å². The van der Waals surface area contributed by atoms with E-state index >= 15 is 0 Å². The smallest absolute Gasteiger partial charge is 0.293 e. The number of carbonyl (C=O) groups is 2. The van der Waals surface area contributed by atoms with Gasteiger partial charge in [0.15, 0.2) is 5.78 Å². The fourth-order valence-electron chi connectivity index (χ4n) is 5.62. The zero-order valence-corrected chi connectivity index (χ0v) is 19.6. The number of anilines is 1. The van der Waals surface area contributed by atoms with Crippen LogP contribution in [0, 0.1) is 24.0 Å². The predicted octanol–water partition coefficient (Wildman–Crippen LogP) is 4.45. The summed E-state index contributed by atoms with van der Waals surface area (Å²) in [5.41, 5.74) is 2.92. The van der Waals surface area contributed by atoms with Crippen molar-refractivity contribution in [3.63, 3.8) is 0 Å². The van der Waals surface area contributed by atoms with Gasteiger partial charge < -0.3 is 14.5 Å². The van der Waals surface area contributed by atoms with Crippen LogP contribution in [-0.4, -0.2) is 53.3 Å². The summed E-state index contributed by atoms with van der Waals surface area (Å²) < 4.78 is 6.40. The topological polar surface area (TPSA) is 93.0 Å². The second kappa shape index (κ2) is 8.42. The van der Waals surface area contributed by atoms with Gasteiger partial charge in [-0.15, -0.1) is 0 Å². The van der Waals surface area contributed by atoms with Gasteiger partial charge in [0.05, 0.1) is 16.9 Å². The lowest BCUT2D eigenvalue weighted by Gasteiger charge is -2.44. The van der Waals surface area contributed by atoms with E-state index in [4.69, 9.17) is 4.74 Å². The number of benzene rings is 2. The van der Waals surface area contributed by atoms with Crippen LogP contribution in [0.15, 0.2) is 30.3 Å². The Balaban J connectivity index is 1.32. The number of aryl methyl sites for hydroxylation is 2. The number of rotatable bonds is 3. The molecule has 8 heteroatoms. The first-order chi connectivity index (χ1) is 16.3. The first-order valence-corrected chi connectivity index (χ1v) is 11.9. The molecule has 8 nitrogen and oxygen atoms in total. The Kier molecular flexibility index (Phi) is 5.54. The number of hydrogen-bond donors (Lipinski definition) is 0. The standard InChI is InChI=1S/C26H29N3O5/c1-17-13-18(2)24-22(30)16-26(34-23(24)14-17)7-11-28(12-8-26)25(31)19-5-6-20(21(15-19)29(32)33)27-9-3-4-10-27/h5-6,13-15H,3-4,7-12,16H2,1-2H3. The maximum absolute atomic E-state index is 13.2. The minimum Gasteiger partial charge on any atom is -0.486 e. The number of hydrogen-bond acceptors (Lipinski definition) is 6. The molecule has 1 spiro atoms. The molecule has 0 atom stereocenters. The van der Waals surface area contributed by atoms with Crippen LogP contribution in [0.5, 0.6) is 5.75 Å². The summed E-state index contributed by atoms with van der Waals surface area (Å²) in [5, 5.41) is 11.7. The number of ketones is 1. The molecular formula is C26H29N3O5. The Labute approximate surface area is 198 Å². The summed E-state index contributed by atoms with van der Waals surface area (Å²) in [5.74, 6) is 0.508. The lowest BCUT2D eigenvalue weighted by atomic mass is 9.81. The van der Waals surface area contributed by atoms with Gasteiger partial charge >= 0.3 is 0 Å². The zero-order chi connectivity index (χ0) is 24.0. The van der Waals surface area contributed by atoms with Crippen molar-refractivity contribution in [2.24, 2.45) is 0 Å². The maximum Gasteiger partial charge on any atom is 0.293 e. The number of Topliss-reactive ketones (excluding diaryl/α,β-unsaturated/α-hetero) is 1. The van der Waals surface area contributed by atoms with Gasteiger partial charge in [0.2, 0.25) is 0 Å². The highest BCUT2D eigenvalue weighted by molar-refractivity contribution is 6.02. The number of nitro groups is 1. The predicted molar refractivity (Wildman–Crippen MR) is 128 cm³/mol. The molecule has 0 saturated carbocycles. The molecule has 178 valence electrons. The molecule has 34 heavy (non-hydrogen) atoms. The van der Waals surface area contributed by atoms with Gasteiger partial charge in [-0.1, -0.05) is 6.07 Å². The molecule has 2 fully saturated rings. The van der Waals surface area contributed by atoms with E-state index in [1.54, 1.807) is 17.0 Å². The minimum absolute atomic E-state index is 0.0233. The van der Waals surface area contributed by atoms with E-state index < -0.39 is 10.5 Å². The minimum atomic E-state index is -0.604. The highest BCUT2D eigenvalue weighted by Crippen LogP contribution is 2.41. The van der Waals surface area contributed by atoms with Crippen LogP contribution in [0.3, 0.4) is 0 Å². The molecule has 3 aliphatic heterocycles. The molecule has 3 aliphatic rings. The Morgan fingerprint density at radius 2 is 1.76 bits per heavy atom. The van der Waals surface area contributed by atoms with Gasteiger partial charge in [-0.05, 0) is 56.0 Å². The van der Waals surface area contributed by atoms with Crippen molar-refractivity contribution in [3.8, 4) is 5.75 Å². The van der Waals surface area contributed by atoms with Gasteiger partial charge in [0.25, 0.3) is 11.6 Å². The Morgan fingerprint density at radius 3 is 2.44 bits per heavy atom. The number of nitro benzene ring substituents is 1. The molecular weight excluding hydrogens is 434 g/mol. The monoisotopic (exact) mass is 463 g/mol. The van der Waals surface area contributed by atoms with Crippen molar-refractivity contribution in [2.45, 2.75) is 51.6 Å². The van der Waals surface area contributed by atoms with Crippen LogP contribution in [0.4, 0.5) is 11.4 Å². The van der Waals surface area contributed by atoms with E-state index in [2.05, 4.69) is 0 Å². The first-order valence-electron chi connectivity index (χ1n) is 11.9. The molecule has 0 radical (unpaired) electrons. The molecule has 0 N–H and O–H groups in total. The molecule has 2 saturated heterocycles. The van der Waals surface area contributed by atoms with Gasteiger partial charge in [0, 0.05) is 50.7 Å². The van der Waals surface area contributed by atoms with Crippen LogP contribution < -0.4 is 9.64 Å². The van der Waals surface area contributed by atoms with Gasteiger partial charge in [-0.3, -0.25) is 19.7 Å². The van der Waals surface area contributed by atoms with Gasteiger partial charge in [-0.25, -0.2) is 0 Å². The van der Waals surface area contributed by atoms with Crippen molar-refractivity contribution in [1.29, 1.82) is 0 Å². The Hall–Kier alpha value is -3.42. The zero-order valence-electron chi connectivity index (χ0n) is 19.6. The third kappa shape index (κ3) is 3.91. The normalized spacial score (nSPS) is 19.2. The van der Waals surface area contributed by atoms with Crippen molar-refractivity contribution >= 4 is 23.1 Å². The molecule has 0 bridgehead atoms. The first kappa shape index (κ1) is 22.4. The number of nitrogens with zero attached hydrogens (tertiary/aromatic N) is 3. The summed E-state index contributed by atoms with van der Waals surface area (Å²) >= 11 is 0. The third-order valence-corrected chi connectivity index (χ3v) is 7.36. The number of ether oxygens (including phenoxy) is 1. The largest absolute Gasteiger partial charge is 0.486 e. The number of piperidine rings is 1. The average Bonchev–Trinajstić information content (AvgIpc) is 3.32. The molecule has 5 rings (SSSR count). The van der Waals surface area contributed by atoms with Gasteiger partial charge in [-0.2, -0.15) is 0 Å². The highest BCUT2D eigenvalue weighted by Gasteiger charge is 2.44. The van der Waals surface area contributed by atoms with Crippen LogP contribution >= 0.6 is 0 Å². The summed E-state index contributed by atoms with van der Waals surface area (Å²) in [6.07, 6.45) is 3.43. The maximum atomic E-state index is 13.2. The number of amides is 1. The Morgan fingerprint density at radius 1 is 1.06 bits per heavy atom.